The van der Waals surface area contributed by atoms with E-state index in [1.54, 1.807) is 14.2 Å². The van der Waals surface area contributed by atoms with Crippen molar-refractivity contribution in [3.63, 3.8) is 0 Å². The highest BCUT2D eigenvalue weighted by atomic mass is 16.5. The van der Waals surface area contributed by atoms with E-state index < -0.39 is 0 Å². The van der Waals surface area contributed by atoms with Crippen LogP contribution in [-0.4, -0.2) is 18.8 Å². The van der Waals surface area contributed by atoms with Crippen LogP contribution in [-0.2, 0) is 0 Å². The van der Waals surface area contributed by atoms with E-state index in [1.807, 2.05) is 18.2 Å². The fourth-order valence-electron chi connectivity index (χ4n) is 3.22. The second-order valence-corrected chi connectivity index (χ2v) is 5.83. The molecule has 0 atom stereocenters. The molecule has 4 aromatic rings. The largest absolute Gasteiger partial charge is 0.493 e. The molecule has 1 aromatic heterocycles. The van der Waals surface area contributed by atoms with Gasteiger partial charge in [0.1, 0.15) is 0 Å². The van der Waals surface area contributed by atoms with Crippen molar-refractivity contribution in [2.24, 2.45) is 0 Å². The average Bonchev–Trinajstić information content (AvgIpc) is 3.07. The second kappa shape index (κ2) is 6.36. The predicted molar refractivity (Wildman–Crippen MR) is 102 cm³/mol. The number of rotatable bonds is 4. The summed E-state index contributed by atoms with van der Waals surface area (Å²) in [5, 5.41) is 1.20. The number of nitrogens with zero attached hydrogens (tertiary/aromatic N) is 1. The molecule has 0 fully saturated rings. The molecule has 0 aliphatic rings. The second-order valence-electron chi connectivity index (χ2n) is 5.83. The SMILES string of the molecule is COc1ccc(-c2cc3ccccc3n2-c2ccccc2)cc1OC. The van der Waals surface area contributed by atoms with Gasteiger partial charge in [-0.2, -0.15) is 0 Å². The van der Waals surface area contributed by atoms with Gasteiger partial charge >= 0.3 is 0 Å². The van der Waals surface area contributed by atoms with Crippen LogP contribution in [0.4, 0.5) is 0 Å². The first kappa shape index (κ1) is 15.3. The first-order chi connectivity index (χ1) is 12.3. The molecule has 0 unspecified atom stereocenters. The fourth-order valence-corrected chi connectivity index (χ4v) is 3.22. The molecular formula is C22H19NO2. The van der Waals surface area contributed by atoms with Gasteiger partial charge in [0.25, 0.3) is 0 Å². The zero-order chi connectivity index (χ0) is 17.2. The van der Waals surface area contributed by atoms with Crippen molar-refractivity contribution in [2.45, 2.75) is 0 Å². The predicted octanol–water partition coefficient (Wildman–Crippen LogP) is 5.31. The Balaban J connectivity index is 1.99. The molecule has 0 bridgehead atoms. The Morgan fingerprint density at radius 2 is 1.40 bits per heavy atom. The molecule has 0 saturated carbocycles. The molecule has 3 nitrogen and oxygen atoms in total. The molecule has 25 heavy (non-hydrogen) atoms. The summed E-state index contributed by atoms with van der Waals surface area (Å²) >= 11 is 0. The van der Waals surface area contributed by atoms with Gasteiger partial charge < -0.3 is 14.0 Å². The van der Waals surface area contributed by atoms with E-state index in [-0.39, 0.29) is 0 Å². The summed E-state index contributed by atoms with van der Waals surface area (Å²) in [6, 6.07) is 27.1. The van der Waals surface area contributed by atoms with E-state index >= 15 is 0 Å². The molecule has 0 saturated heterocycles. The molecule has 0 aliphatic carbocycles. The van der Waals surface area contributed by atoms with Crippen molar-refractivity contribution in [2.75, 3.05) is 14.2 Å². The summed E-state index contributed by atoms with van der Waals surface area (Å²) < 4.78 is 13.1. The van der Waals surface area contributed by atoms with Crippen molar-refractivity contribution >= 4 is 10.9 Å². The molecular weight excluding hydrogens is 310 g/mol. The summed E-state index contributed by atoms with van der Waals surface area (Å²) in [6.07, 6.45) is 0. The normalized spacial score (nSPS) is 10.8. The number of para-hydroxylation sites is 2. The minimum atomic E-state index is 0.727. The zero-order valence-corrected chi connectivity index (χ0v) is 14.3. The van der Waals surface area contributed by atoms with Crippen LogP contribution < -0.4 is 9.47 Å². The maximum Gasteiger partial charge on any atom is 0.161 e. The Morgan fingerprint density at radius 3 is 2.16 bits per heavy atom. The van der Waals surface area contributed by atoms with Gasteiger partial charge in [-0.1, -0.05) is 36.4 Å². The first-order valence-electron chi connectivity index (χ1n) is 8.20. The van der Waals surface area contributed by atoms with Crippen LogP contribution in [0.2, 0.25) is 0 Å². The van der Waals surface area contributed by atoms with Gasteiger partial charge in [-0.25, -0.2) is 0 Å². The minimum Gasteiger partial charge on any atom is -0.493 e. The molecule has 3 aromatic carbocycles. The number of ether oxygens (including phenoxy) is 2. The Labute approximate surface area is 147 Å². The van der Waals surface area contributed by atoms with Crippen molar-refractivity contribution in [3.05, 3.63) is 78.9 Å². The zero-order valence-electron chi connectivity index (χ0n) is 14.3. The molecule has 0 N–H and O–H groups in total. The van der Waals surface area contributed by atoms with Crippen molar-refractivity contribution in [1.29, 1.82) is 0 Å². The number of methoxy groups -OCH3 is 2. The fraction of sp³-hybridized carbons (Fsp3) is 0.0909. The van der Waals surface area contributed by atoms with Gasteiger partial charge in [0.15, 0.2) is 11.5 Å². The Bertz CT molecular complexity index is 1020. The molecule has 124 valence electrons. The van der Waals surface area contributed by atoms with Crippen LogP contribution in [0, 0.1) is 0 Å². The van der Waals surface area contributed by atoms with Crippen LogP contribution in [0.25, 0.3) is 27.8 Å². The van der Waals surface area contributed by atoms with Gasteiger partial charge in [-0.3, -0.25) is 0 Å². The molecule has 0 amide bonds. The summed E-state index contributed by atoms with van der Waals surface area (Å²) in [5.74, 6) is 1.46. The summed E-state index contributed by atoms with van der Waals surface area (Å²) in [7, 11) is 3.31. The lowest BCUT2D eigenvalue weighted by molar-refractivity contribution is 0.355. The number of benzene rings is 3. The van der Waals surface area contributed by atoms with Gasteiger partial charge in [-0.05, 0) is 42.5 Å². The van der Waals surface area contributed by atoms with E-state index in [0.29, 0.717) is 0 Å². The quantitative estimate of drug-likeness (QED) is 0.506. The van der Waals surface area contributed by atoms with Gasteiger partial charge in [0.05, 0.1) is 25.4 Å². The van der Waals surface area contributed by atoms with E-state index in [2.05, 4.69) is 65.2 Å². The third-order valence-corrected chi connectivity index (χ3v) is 4.40. The summed E-state index contributed by atoms with van der Waals surface area (Å²) in [6.45, 7) is 0. The van der Waals surface area contributed by atoms with Crippen LogP contribution in [0.1, 0.15) is 0 Å². The molecule has 0 radical (unpaired) electrons. The molecule has 4 rings (SSSR count). The standard InChI is InChI=1S/C22H19NO2/c1-24-21-13-12-17(15-22(21)25-2)20-14-16-8-6-7-11-19(16)23(20)18-9-4-3-5-10-18/h3-15H,1-2H3. The topological polar surface area (TPSA) is 23.4 Å². The minimum absolute atomic E-state index is 0.727. The lowest BCUT2D eigenvalue weighted by Crippen LogP contribution is -1.97. The highest BCUT2D eigenvalue weighted by Crippen LogP contribution is 2.36. The van der Waals surface area contributed by atoms with Crippen LogP contribution in [0.15, 0.2) is 78.9 Å². The van der Waals surface area contributed by atoms with Gasteiger partial charge in [0, 0.05) is 16.6 Å². The van der Waals surface area contributed by atoms with E-state index in [4.69, 9.17) is 9.47 Å². The van der Waals surface area contributed by atoms with E-state index in [0.717, 1.165) is 28.4 Å². The van der Waals surface area contributed by atoms with Gasteiger partial charge in [-0.15, -0.1) is 0 Å². The molecule has 3 heteroatoms. The van der Waals surface area contributed by atoms with Crippen molar-refractivity contribution in [1.82, 2.24) is 4.57 Å². The van der Waals surface area contributed by atoms with Gasteiger partial charge in [0.2, 0.25) is 0 Å². The Morgan fingerprint density at radius 1 is 0.680 bits per heavy atom. The lowest BCUT2D eigenvalue weighted by Gasteiger charge is -2.13. The molecule has 0 aliphatic heterocycles. The van der Waals surface area contributed by atoms with Crippen molar-refractivity contribution in [3.8, 4) is 28.4 Å². The first-order valence-corrected chi connectivity index (χ1v) is 8.20. The third-order valence-electron chi connectivity index (χ3n) is 4.40. The number of aromatic nitrogens is 1. The average molecular weight is 329 g/mol. The number of hydrogen-bond donors (Lipinski definition) is 0. The smallest absolute Gasteiger partial charge is 0.161 e. The summed E-state index contributed by atoms with van der Waals surface area (Å²) in [5.41, 5.74) is 4.51. The van der Waals surface area contributed by atoms with Crippen molar-refractivity contribution < 1.29 is 9.47 Å². The maximum atomic E-state index is 5.48. The van der Waals surface area contributed by atoms with Crippen LogP contribution in [0.5, 0.6) is 11.5 Å². The van der Waals surface area contributed by atoms with Crippen LogP contribution in [0.3, 0.4) is 0 Å². The highest BCUT2D eigenvalue weighted by Gasteiger charge is 2.14. The lowest BCUT2D eigenvalue weighted by atomic mass is 10.1. The molecule has 1 heterocycles. The number of hydrogen-bond acceptors (Lipinski definition) is 2. The van der Waals surface area contributed by atoms with E-state index in [1.165, 1.54) is 10.9 Å². The maximum absolute atomic E-state index is 5.48. The highest BCUT2D eigenvalue weighted by molar-refractivity contribution is 5.89. The molecule has 0 spiro atoms. The van der Waals surface area contributed by atoms with E-state index in [9.17, 15) is 0 Å². The Kier molecular flexibility index (Phi) is 3.90. The monoisotopic (exact) mass is 329 g/mol. The van der Waals surface area contributed by atoms with Crippen LogP contribution >= 0.6 is 0 Å². The summed E-state index contributed by atoms with van der Waals surface area (Å²) in [4.78, 5) is 0. The Hall–Kier alpha value is -3.20. The number of fused-ring (bicyclic) bond motifs is 1. The third kappa shape index (κ3) is 2.64.